The topological polar surface area (TPSA) is 50.9 Å². The van der Waals surface area contributed by atoms with E-state index in [9.17, 15) is 0 Å². The fourth-order valence-corrected chi connectivity index (χ4v) is 2.45. The number of pyridine rings is 1. The first kappa shape index (κ1) is 12.8. The second-order valence-corrected chi connectivity index (χ2v) is 4.89. The molecule has 1 unspecified atom stereocenters. The van der Waals surface area contributed by atoms with Crippen molar-refractivity contribution in [1.29, 1.82) is 0 Å². The van der Waals surface area contributed by atoms with E-state index < -0.39 is 0 Å². The molecule has 0 amide bonds. The van der Waals surface area contributed by atoms with Crippen molar-refractivity contribution in [3.05, 3.63) is 78.1 Å². The number of hydrogen-bond donors (Lipinski definition) is 2. The van der Waals surface area contributed by atoms with Crippen LogP contribution in [0.2, 0.25) is 0 Å². The van der Waals surface area contributed by atoms with Gasteiger partial charge in [-0.2, -0.15) is 0 Å². The van der Waals surface area contributed by atoms with E-state index in [1.54, 1.807) is 0 Å². The van der Waals surface area contributed by atoms with Crippen molar-refractivity contribution < 1.29 is 0 Å². The first-order valence-corrected chi connectivity index (χ1v) is 6.70. The van der Waals surface area contributed by atoms with E-state index in [0.29, 0.717) is 0 Å². The van der Waals surface area contributed by atoms with Crippen molar-refractivity contribution in [3.63, 3.8) is 0 Å². The van der Waals surface area contributed by atoms with Crippen LogP contribution >= 0.6 is 0 Å². The molecule has 20 heavy (non-hydrogen) atoms. The van der Waals surface area contributed by atoms with Crippen molar-refractivity contribution in [1.82, 2.24) is 10.4 Å². The van der Waals surface area contributed by atoms with E-state index in [-0.39, 0.29) is 6.04 Å². The number of rotatable bonds is 4. The molecule has 3 rings (SSSR count). The average molecular weight is 263 g/mol. The summed E-state index contributed by atoms with van der Waals surface area (Å²) in [6.45, 7) is 0. The molecule has 0 spiro atoms. The number of aromatic nitrogens is 1. The maximum Gasteiger partial charge on any atom is 0.0500 e. The summed E-state index contributed by atoms with van der Waals surface area (Å²) >= 11 is 0. The predicted molar refractivity (Wildman–Crippen MR) is 82.0 cm³/mol. The van der Waals surface area contributed by atoms with E-state index in [4.69, 9.17) is 5.84 Å². The number of nitrogens with zero attached hydrogens (tertiary/aromatic N) is 1. The van der Waals surface area contributed by atoms with Crippen molar-refractivity contribution in [2.75, 3.05) is 0 Å². The molecule has 1 atom stereocenters. The van der Waals surface area contributed by atoms with Gasteiger partial charge in [0.15, 0.2) is 0 Å². The van der Waals surface area contributed by atoms with Crippen LogP contribution in [0.1, 0.15) is 17.2 Å². The standard InChI is InChI=1S/C17H17N3/c18-20-17(11-13-7-9-19-10-8-13)16-6-5-14-3-1-2-4-15(14)12-16/h1-10,12,17,20H,11,18H2. The van der Waals surface area contributed by atoms with E-state index in [2.05, 4.69) is 52.9 Å². The van der Waals surface area contributed by atoms with Gasteiger partial charge in [0.05, 0.1) is 6.04 Å². The molecule has 3 aromatic rings. The number of nitrogens with two attached hydrogens (primary N) is 1. The molecule has 100 valence electrons. The third-order valence-electron chi connectivity index (χ3n) is 3.57. The van der Waals surface area contributed by atoms with Gasteiger partial charge in [-0.05, 0) is 46.5 Å². The minimum Gasteiger partial charge on any atom is -0.271 e. The summed E-state index contributed by atoms with van der Waals surface area (Å²) in [6.07, 6.45) is 4.46. The molecular formula is C17H17N3. The molecule has 0 saturated carbocycles. The molecule has 0 aliphatic carbocycles. The molecule has 0 bridgehead atoms. The first-order chi connectivity index (χ1) is 9.86. The SMILES string of the molecule is NNC(Cc1ccncc1)c1ccc2ccccc2c1. The van der Waals surface area contributed by atoms with Crippen molar-refractivity contribution >= 4 is 10.8 Å². The fraction of sp³-hybridized carbons (Fsp3) is 0.118. The van der Waals surface area contributed by atoms with Crippen LogP contribution in [0.3, 0.4) is 0 Å². The summed E-state index contributed by atoms with van der Waals surface area (Å²) in [5.41, 5.74) is 5.33. The quantitative estimate of drug-likeness (QED) is 0.562. The summed E-state index contributed by atoms with van der Waals surface area (Å²) in [4.78, 5) is 4.04. The predicted octanol–water partition coefficient (Wildman–Crippen LogP) is 2.98. The summed E-state index contributed by atoms with van der Waals surface area (Å²) in [5, 5.41) is 2.48. The second-order valence-electron chi connectivity index (χ2n) is 4.89. The third kappa shape index (κ3) is 2.69. The van der Waals surface area contributed by atoms with Gasteiger partial charge in [-0.15, -0.1) is 0 Å². The Kier molecular flexibility index (Phi) is 3.72. The lowest BCUT2D eigenvalue weighted by Crippen LogP contribution is -2.29. The van der Waals surface area contributed by atoms with Gasteiger partial charge < -0.3 is 0 Å². The molecule has 3 nitrogen and oxygen atoms in total. The largest absolute Gasteiger partial charge is 0.271 e. The van der Waals surface area contributed by atoms with Crippen LogP contribution < -0.4 is 11.3 Å². The lowest BCUT2D eigenvalue weighted by molar-refractivity contribution is 0.552. The number of benzene rings is 2. The summed E-state index contributed by atoms with van der Waals surface area (Å²) in [6, 6.07) is 19.0. The Morgan fingerprint density at radius 3 is 2.45 bits per heavy atom. The molecule has 1 aromatic heterocycles. The monoisotopic (exact) mass is 263 g/mol. The van der Waals surface area contributed by atoms with Gasteiger partial charge in [-0.25, -0.2) is 0 Å². The maximum absolute atomic E-state index is 5.73. The van der Waals surface area contributed by atoms with Crippen LogP contribution in [0.25, 0.3) is 10.8 Å². The fourth-order valence-electron chi connectivity index (χ4n) is 2.45. The third-order valence-corrected chi connectivity index (χ3v) is 3.57. The Labute approximate surface area is 118 Å². The highest BCUT2D eigenvalue weighted by atomic mass is 15.2. The molecule has 0 saturated heterocycles. The summed E-state index contributed by atoms with van der Waals surface area (Å²) < 4.78 is 0. The Morgan fingerprint density at radius 2 is 1.70 bits per heavy atom. The minimum absolute atomic E-state index is 0.0991. The lowest BCUT2D eigenvalue weighted by Gasteiger charge is -2.17. The molecular weight excluding hydrogens is 246 g/mol. The molecule has 1 heterocycles. The highest BCUT2D eigenvalue weighted by Crippen LogP contribution is 2.22. The van der Waals surface area contributed by atoms with Crippen molar-refractivity contribution in [2.24, 2.45) is 5.84 Å². The van der Waals surface area contributed by atoms with Gasteiger partial charge >= 0.3 is 0 Å². The number of hydrogen-bond acceptors (Lipinski definition) is 3. The van der Waals surface area contributed by atoms with Gasteiger partial charge in [0.25, 0.3) is 0 Å². The zero-order valence-electron chi connectivity index (χ0n) is 11.2. The van der Waals surface area contributed by atoms with E-state index >= 15 is 0 Å². The molecule has 0 radical (unpaired) electrons. The Balaban J connectivity index is 1.91. The molecule has 0 aliphatic rings. The van der Waals surface area contributed by atoms with Gasteiger partial charge in [0.2, 0.25) is 0 Å². The van der Waals surface area contributed by atoms with Gasteiger partial charge in [-0.3, -0.25) is 16.3 Å². The average Bonchev–Trinajstić information content (AvgIpc) is 2.53. The van der Waals surface area contributed by atoms with E-state index in [1.165, 1.54) is 21.9 Å². The highest BCUT2D eigenvalue weighted by Gasteiger charge is 2.11. The summed E-state index contributed by atoms with van der Waals surface area (Å²) in [7, 11) is 0. The Hall–Kier alpha value is -2.23. The number of hydrazine groups is 1. The zero-order valence-corrected chi connectivity index (χ0v) is 11.2. The Morgan fingerprint density at radius 1 is 0.950 bits per heavy atom. The van der Waals surface area contributed by atoms with Crippen LogP contribution in [-0.4, -0.2) is 4.98 Å². The van der Waals surface area contributed by atoms with Crippen LogP contribution in [0.4, 0.5) is 0 Å². The van der Waals surface area contributed by atoms with Crippen LogP contribution in [-0.2, 0) is 6.42 Å². The molecule has 2 aromatic carbocycles. The molecule has 3 heteroatoms. The summed E-state index contributed by atoms with van der Waals surface area (Å²) in [5.74, 6) is 5.73. The second kappa shape index (κ2) is 5.82. The Bertz CT molecular complexity index is 695. The first-order valence-electron chi connectivity index (χ1n) is 6.70. The van der Waals surface area contributed by atoms with Crippen molar-refractivity contribution in [2.45, 2.75) is 12.5 Å². The molecule has 3 N–H and O–H groups in total. The van der Waals surface area contributed by atoms with Gasteiger partial charge in [-0.1, -0.05) is 36.4 Å². The zero-order chi connectivity index (χ0) is 13.8. The number of nitrogens with one attached hydrogen (secondary N) is 1. The lowest BCUT2D eigenvalue weighted by atomic mass is 9.97. The smallest absolute Gasteiger partial charge is 0.0500 e. The van der Waals surface area contributed by atoms with Crippen LogP contribution in [0.5, 0.6) is 0 Å². The van der Waals surface area contributed by atoms with Crippen LogP contribution in [0.15, 0.2) is 67.0 Å². The maximum atomic E-state index is 5.73. The van der Waals surface area contributed by atoms with Crippen molar-refractivity contribution in [3.8, 4) is 0 Å². The van der Waals surface area contributed by atoms with E-state index in [0.717, 1.165) is 6.42 Å². The highest BCUT2D eigenvalue weighted by molar-refractivity contribution is 5.83. The molecule has 0 fully saturated rings. The van der Waals surface area contributed by atoms with Gasteiger partial charge in [0, 0.05) is 12.4 Å². The normalized spacial score (nSPS) is 12.4. The van der Waals surface area contributed by atoms with Crippen LogP contribution in [0, 0.1) is 0 Å². The molecule has 0 aliphatic heterocycles. The van der Waals surface area contributed by atoms with Gasteiger partial charge in [0.1, 0.15) is 0 Å². The van der Waals surface area contributed by atoms with E-state index in [1.807, 2.05) is 24.5 Å². The number of fused-ring (bicyclic) bond motifs is 1. The minimum atomic E-state index is 0.0991.